The van der Waals surface area contributed by atoms with E-state index < -0.39 is 0 Å². The van der Waals surface area contributed by atoms with Gasteiger partial charge in [-0.25, -0.2) is 4.98 Å². The van der Waals surface area contributed by atoms with Crippen LogP contribution in [-0.4, -0.2) is 57.4 Å². The number of nitrogens with zero attached hydrogens (tertiary/aromatic N) is 4. The van der Waals surface area contributed by atoms with Crippen LogP contribution in [0.5, 0.6) is 5.75 Å². The zero-order valence-corrected chi connectivity index (χ0v) is 19.7. The molecule has 0 saturated carbocycles. The van der Waals surface area contributed by atoms with Crippen LogP contribution in [-0.2, 0) is 4.79 Å². The summed E-state index contributed by atoms with van der Waals surface area (Å²) in [7, 11) is 0. The van der Waals surface area contributed by atoms with Gasteiger partial charge in [-0.1, -0.05) is 23.7 Å². The van der Waals surface area contributed by atoms with E-state index in [1.807, 2.05) is 12.1 Å². The molecule has 0 unspecified atom stereocenters. The van der Waals surface area contributed by atoms with E-state index in [0.29, 0.717) is 29.5 Å². The lowest BCUT2D eigenvalue weighted by Crippen LogP contribution is -2.47. The molecule has 5 rings (SSSR count). The highest BCUT2D eigenvalue weighted by atomic mass is 35.5. The van der Waals surface area contributed by atoms with E-state index in [2.05, 4.69) is 15.0 Å². The molecule has 0 aliphatic carbocycles. The van der Waals surface area contributed by atoms with Gasteiger partial charge in [-0.2, -0.15) is 0 Å². The lowest BCUT2D eigenvalue weighted by atomic mass is 10.1. The fourth-order valence-electron chi connectivity index (χ4n) is 4.22. The molecular weight excluding hydrogens is 466 g/mol. The quantitative estimate of drug-likeness (QED) is 0.435. The van der Waals surface area contributed by atoms with Gasteiger partial charge >= 0.3 is 0 Å². The molecule has 3 aromatic heterocycles. The number of benzene rings is 1. The third kappa shape index (κ3) is 5.12. The van der Waals surface area contributed by atoms with Crippen molar-refractivity contribution < 1.29 is 14.3 Å². The van der Waals surface area contributed by atoms with Crippen LogP contribution in [0, 0.1) is 0 Å². The number of H-pyrrole nitrogens is 1. The Kier molecular flexibility index (Phi) is 6.63. The van der Waals surface area contributed by atoms with Crippen LogP contribution >= 0.6 is 11.6 Å². The maximum absolute atomic E-state index is 13.5. The molecule has 1 fully saturated rings. The van der Waals surface area contributed by atoms with Gasteiger partial charge < -0.3 is 14.6 Å². The molecule has 1 aromatic carbocycles. The average Bonchev–Trinajstić information content (AvgIpc) is 3.28. The third-order valence-electron chi connectivity index (χ3n) is 6.09. The molecule has 1 aliphatic heterocycles. The molecule has 0 atom stereocenters. The Hall–Kier alpha value is -3.91. The minimum absolute atomic E-state index is 0.0364. The number of halogens is 1. The summed E-state index contributed by atoms with van der Waals surface area (Å²) in [5.74, 6) is 0.763. The van der Waals surface area contributed by atoms with Gasteiger partial charge in [0.2, 0.25) is 5.91 Å². The molecule has 178 valence electrons. The van der Waals surface area contributed by atoms with Gasteiger partial charge in [-0.05, 0) is 36.4 Å². The van der Waals surface area contributed by atoms with E-state index in [9.17, 15) is 9.59 Å². The number of hydrogen-bond donors (Lipinski definition) is 1. The molecule has 0 spiro atoms. The van der Waals surface area contributed by atoms with Gasteiger partial charge in [0.25, 0.3) is 5.91 Å². The molecule has 9 heteroatoms. The number of anilines is 1. The summed E-state index contributed by atoms with van der Waals surface area (Å²) in [6, 6.07) is 14.2. The maximum atomic E-state index is 13.5. The number of likely N-dealkylation sites (tertiary alicyclic amines) is 1. The molecule has 1 aliphatic rings. The zero-order chi connectivity index (χ0) is 24.2. The number of carbonyl (C=O) groups is 2. The van der Waals surface area contributed by atoms with Gasteiger partial charge in [0.1, 0.15) is 24.2 Å². The Morgan fingerprint density at radius 1 is 1.09 bits per heavy atom. The number of hydrogen-bond acceptors (Lipinski definition) is 5. The summed E-state index contributed by atoms with van der Waals surface area (Å²) >= 11 is 6.17. The highest BCUT2D eigenvalue weighted by Crippen LogP contribution is 2.25. The number of aromatic nitrogens is 3. The number of piperidine rings is 1. The van der Waals surface area contributed by atoms with Crippen molar-refractivity contribution in [2.24, 2.45) is 0 Å². The molecule has 4 heterocycles. The zero-order valence-electron chi connectivity index (χ0n) is 18.9. The number of amides is 2. The Morgan fingerprint density at radius 2 is 1.89 bits per heavy atom. The number of fused-ring (bicyclic) bond motifs is 1. The normalized spacial score (nSPS) is 14.1. The van der Waals surface area contributed by atoms with Crippen LogP contribution in [0.25, 0.3) is 10.9 Å². The van der Waals surface area contributed by atoms with Crippen molar-refractivity contribution in [1.29, 1.82) is 0 Å². The fraction of sp³-hybridized carbons (Fsp3) is 0.231. The van der Waals surface area contributed by atoms with Crippen LogP contribution in [0.4, 0.5) is 5.82 Å². The SMILES string of the molecule is O=C(CN(C(=O)c1ccc2c(Cl)c[nH]c2c1)c1ccccn1)N1CCC(Oc2ccncc2)CC1. The van der Waals surface area contributed by atoms with Crippen LogP contribution in [0.1, 0.15) is 23.2 Å². The van der Waals surface area contributed by atoms with Gasteiger partial charge in [0.15, 0.2) is 0 Å². The van der Waals surface area contributed by atoms with E-state index in [0.717, 1.165) is 29.5 Å². The van der Waals surface area contributed by atoms with Gasteiger partial charge in [-0.15, -0.1) is 0 Å². The first kappa shape index (κ1) is 22.9. The number of carbonyl (C=O) groups excluding carboxylic acids is 2. The van der Waals surface area contributed by atoms with Gasteiger partial charge in [0.05, 0.1) is 5.02 Å². The van der Waals surface area contributed by atoms with Crippen LogP contribution in [0.3, 0.4) is 0 Å². The Labute approximate surface area is 207 Å². The monoisotopic (exact) mass is 489 g/mol. The first-order valence-corrected chi connectivity index (χ1v) is 11.8. The minimum Gasteiger partial charge on any atom is -0.490 e. The first-order chi connectivity index (χ1) is 17.1. The molecule has 0 radical (unpaired) electrons. The van der Waals surface area contributed by atoms with Gasteiger partial charge in [-0.3, -0.25) is 19.5 Å². The Bertz CT molecular complexity index is 1320. The standard InChI is InChI=1S/C26H24ClN5O3/c27-22-16-30-23-15-18(4-5-21(22)23)26(34)32(24-3-1-2-10-29-24)17-25(33)31-13-8-20(9-14-31)35-19-6-11-28-12-7-19/h1-7,10-12,15-16,20,30H,8-9,13-14,17H2. The molecule has 4 aromatic rings. The molecule has 8 nitrogen and oxygen atoms in total. The largest absolute Gasteiger partial charge is 0.490 e. The van der Waals surface area contributed by atoms with E-state index in [1.165, 1.54) is 4.90 Å². The van der Waals surface area contributed by atoms with Crippen molar-refractivity contribution in [3.8, 4) is 5.75 Å². The van der Waals surface area contributed by atoms with E-state index in [1.54, 1.807) is 66.1 Å². The van der Waals surface area contributed by atoms with Crippen molar-refractivity contribution >= 4 is 40.1 Å². The Balaban J connectivity index is 1.29. The van der Waals surface area contributed by atoms with E-state index in [-0.39, 0.29) is 24.5 Å². The molecule has 35 heavy (non-hydrogen) atoms. The van der Waals surface area contributed by atoms with Crippen molar-refractivity contribution in [3.63, 3.8) is 0 Å². The minimum atomic E-state index is -0.305. The highest BCUT2D eigenvalue weighted by Gasteiger charge is 2.28. The summed E-state index contributed by atoms with van der Waals surface area (Å²) in [5, 5.41) is 1.42. The highest BCUT2D eigenvalue weighted by molar-refractivity contribution is 6.35. The number of pyridine rings is 2. The summed E-state index contributed by atoms with van der Waals surface area (Å²) in [6.07, 6.45) is 8.15. The molecule has 1 saturated heterocycles. The van der Waals surface area contributed by atoms with Crippen molar-refractivity contribution in [2.45, 2.75) is 18.9 Å². The second-order valence-electron chi connectivity index (χ2n) is 8.36. The topological polar surface area (TPSA) is 91.4 Å². The first-order valence-electron chi connectivity index (χ1n) is 11.4. The number of ether oxygens (including phenoxy) is 1. The molecule has 2 amide bonds. The summed E-state index contributed by atoms with van der Waals surface area (Å²) in [4.78, 5) is 41.3. The van der Waals surface area contributed by atoms with E-state index >= 15 is 0 Å². The predicted octanol–water partition coefficient (Wildman–Crippen LogP) is 4.33. The Morgan fingerprint density at radius 3 is 2.63 bits per heavy atom. The average molecular weight is 490 g/mol. The second-order valence-corrected chi connectivity index (χ2v) is 8.76. The number of rotatable bonds is 6. The van der Waals surface area contributed by atoms with Gasteiger partial charge in [0, 0.05) is 67.2 Å². The maximum Gasteiger partial charge on any atom is 0.259 e. The van der Waals surface area contributed by atoms with Crippen molar-refractivity contribution in [1.82, 2.24) is 19.9 Å². The molecule has 0 bridgehead atoms. The number of aromatic amines is 1. The van der Waals surface area contributed by atoms with Crippen molar-refractivity contribution in [2.75, 3.05) is 24.5 Å². The van der Waals surface area contributed by atoms with E-state index in [4.69, 9.17) is 16.3 Å². The lowest BCUT2D eigenvalue weighted by Gasteiger charge is -2.33. The summed E-state index contributed by atoms with van der Waals surface area (Å²) in [6.45, 7) is 1.02. The van der Waals surface area contributed by atoms with Crippen LogP contribution < -0.4 is 9.64 Å². The lowest BCUT2D eigenvalue weighted by molar-refractivity contribution is -0.131. The van der Waals surface area contributed by atoms with Crippen LogP contribution in [0.2, 0.25) is 5.02 Å². The summed E-state index contributed by atoms with van der Waals surface area (Å²) < 4.78 is 6.00. The fourth-order valence-corrected chi connectivity index (χ4v) is 4.44. The predicted molar refractivity (Wildman–Crippen MR) is 134 cm³/mol. The van der Waals surface area contributed by atoms with Crippen LogP contribution in [0.15, 0.2) is 73.3 Å². The third-order valence-corrected chi connectivity index (χ3v) is 6.40. The smallest absolute Gasteiger partial charge is 0.259 e. The molecular formula is C26H24ClN5O3. The number of nitrogens with one attached hydrogen (secondary N) is 1. The molecule has 1 N–H and O–H groups in total. The summed E-state index contributed by atoms with van der Waals surface area (Å²) in [5.41, 5.74) is 1.20. The second kappa shape index (κ2) is 10.1. The van der Waals surface area contributed by atoms with Crippen molar-refractivity contribution in [3.05, 3.63) is 83.9 Å².